The second kappa shape index (κ2) is 4.89. The lowest BCUT2D eigenvalue weighted by atomic mass is 9.95. The first-order chi connectivity index (χ1) is 7.75. The fourth-order valence-corrected chi connectivity index (χ4v) is 2.65. The number of hydrogen-bond acceptors (Lipinski definition) is 1. The van der Waals surface area contributed by atoms with Crippen molar-refractivity contribution in [1.82, 2.24) is 10.2 Å². The van der Waals surface area contributed by atoms with E-state index < -0.39 is 0 Å². The summed E-state index contributed by atoms with van der Waals surface area (Å²) in [5.41, 5.74) is 3.75. The third-order valence-corrected chi connectivity index (χ3v) is 3.90. The Morgan fingerprint density at radius 3 is 2.82 bits per heavy atom. The summed E-state index contributed by atoms with van der Waals surface area (Å²) in [4.78, 5) is 0. The molecule has 1 heterocycles. The quantitative estimate of drug-likeness (QED) is 0.837. The van der Waals surface area contributed by atoms with Crippen LogP contribution in [0.1, 0.15) is 29.2 Å². The Balaban J connectivity index is 0.00000108. The number of aryl methyl sites for hydroxylation is 1. The summed E-state index contributed by atoms with van der Waals surface area (Å²) in [5, 5.41) is 8.34. The van der Waals surface area contributed by atoms with Gasteiger partial charge in [0.25, 0.3) is 0 Å². The van der Waals surface area contributed by atoms with Gasteiger partial charge in [-0.25, -0.2) is 0 Å². The molecule has 0 spiro atoms. The zero-order valence-corrected chi connectivity index (χ0v) is 11.2. The number of hydrogen-bond donors (Lipinski definition) is 1. The van der Waals surface area contributed by atoms with Gasteiger partial charge in [0.15, 0.2) is 0 Å². The smallest absolute Gasteiger partial charge is 0.0595 e. The van der Waals surface area contributed by atoms with E-state index in [1.54, 1.807) is 0 Å². The molecule has 17 heavy (non-hydrogen) atoms. The molecule has 0 bridgehead atoms. The number of rotatable bonds is 1. The first-order valence-corrected chi connectivity index (χ1v) is 5.98. The van der Waals surface area contributed by atoms with E-state index in [1.807, 2.05) is 24.4 Å². The van der Waals surface area contributed by atoms with E-state index in [-0.39, 0.29) is 12.4 Å². The van der Waals surface area contributed by atoms with Crippen molar-refractivity contribution in [3.63, 3.8) is 0 Å². The highest BCUT2D eigenvalue weighted by Gasteiger charge is 2.25. The van der Waals surface area contributed by atoms with Gasteiger partial charge in [0, 0.05) is 17.2 Å². The molecule has 0 fully saturated rings. The minimum absolute atomic E-state index is 0. The van der Waals surface area contributed by atoms with Crippen LogP contribution in [0.25, 0.3) is 0 Å². The van der Waals surface area contributed by atoms with Gasteiger partial charge in [-0.05, 0) is 30.5 Å². The maximum atomic E-state index is 6.04. The first kappa shape index (κ1) is 12.7. The molecule has 0 saturated carbocycles. The summed E-state index contributed by atoms with van der Waals surface area (Å²) in [6, 6.07) is 5.86. The molecule has 2 aromatic rings. The monoisotopic (exact) mass is 288 g/mol. The molecule has 0 radical (unpaired) electrons. The van der Waals surface area contributed by atoms with E-state index in [0.29, 0.717) is 16.0 Å². The van der Waals surface area contributed by atoms with E-state index in [1.165, 1.54) is 16.8 Å². The number of benzene rings is 1. The summed E-state index contributed by atoms with van der Waals surface area (Å²) >= 11 is 12.0. The van der Waals surface area contributed by atoms with Crippen LogP contribution < -0.4 is 0 Å². The Labute approximate surface area is 116 Å². The first-order valence-electron chi connectivity index (χ1n) is 5.23. The maximum absolute atomic E-state index is 6.04. The lowest BCUT2D eigenvalue weighted by Crippen LogP contribution is -1.95. The number of aromatic nitrogens is 2. The number of nitrogens with one attached hydrogen (secondary N) is 1. The highest BCUT2D eigenvalue weighted by atomic mass is 35.5. The number of H-pyrrole nitrogens is 1. The van der Waals surface area contributed by atoms with Crippen LogP contribution in [0.5, 0.6) is 0 Å². The average Bonchev–Trinajstić information content (AvgIpc) is 2.83. The Hall–Kier alpha value is -0.700. The Kier molecular flexibility index (Phi) is 3.67. The largest absolute Gasteiger partial charge is 0.282 e. The molecule has 1 N–H and O–H groups in total. The predicted molar refractivity (Wildman–Crippen MR) is 72.5 cm³/mol. The second-order valence-electron chi connectivity index (χ2n) is 4.07. The van der Waals surface area contributed by atoms with Crippen molar-refractivity contribution in [2.45, 2.75) is 18.8 Å². The van der Waals surface area contributed by atoms with Gasteiger partial charge in [0.1, 0.15) is 0 Å². The van der Waals surface area contributed by atoms with Crippen molar-refractivity contribution in [2.24, 2.45) is 0 Å². The van der Waals surface area contributed by atoms with Crippen molar-refractivity contribution in [3.05, 3.63) is 51.3 Å². The fourth-order valence-electron chi connectivity index (χ4n) is 2.34. The molecule has 90 valence electrons. The molecule has 1 aromatic heterocycles. The summed E-state index contributed by atoms with van der Waals surface area (Å²) in [5.74, 6) is 0.406. The van der Waals surface area contributed by atoms with Crippen molar-refractivity contribution in [3.8, 4) is 0 Å². The lowest BCUT2D eigenvalue weighted by molar-refractivity contribution is 0.770. The Bertz CT molecular complexity index is 536. The normalized spacial score (nSPS) is 17.6. The standard InChI is InChI=1S/C12H10Cl2N2.ClH/c13-10-3-1-7(5-11(10)14)8-2-4-12-9(8)6-15-16-12;/h1,3,5-6,8H,2,4H2,(H,15,16);1H. The Morgan fingerprint density at radius 2 is 2.06 bits per heavy atom. The van der Waals surface area contributed by atoms with Gasteiger partial charge in [0.05, 0.1) is 16.2 Å². The van der Waals surface area contributed by atoms with E-state index in [4.69, 9.17) is 23.2 Å². The number of aromatic amines is 1. The van der Waals surface area contributed by atoms with Crippen LogP contribution >= 0.6 is 35.6 Å². The van der Waals surface area contributed by atoms with Gasteiger partial charge < -0.3 is 0 Å². The molecular formula is C12H11Cl3N2. The van der Waals surface area contributed by atoms with Crippen LogP contribution in [0.2, 0.25) is 10.0 Å². The van der Waals surface area contributed by atoms with Crippen LogP contribution in [-0.4, -0.2) is 10.2 Å². The molecule has 0 amide bonds. The maximum Gasteiger partial charge on any atom is 0.0595 e. The molecular weight excluding hydrogens is 279 g/mol. The number of fused-ring (bicyclic) bond motifs is 1. The van der Waals surface area contributed by atoms with Gasteiger partial charge in [0.2, 0.25) is 0 Å². The molecule has 0 saturated heterocycles. The Morgan fingerprint density at radius 1 is 1.24 bits per heavy atom. The molecule has 0 aliphatic heterocycles. The molecule has 1 aliphatic rings. The van der Waals surface area contributed by atoms with E-state index in [0.717, 1.165) is 12.8 Å². The highest BCUT2D eigenvalue weighted by Crippen LogP contribution is 2.38. The van der Waals surface area contributed by atoms with E-state index >= 15 is 0 Å². The van der Waals surface area contributed by atoms with Crippen LogP contribution in [0, 0.1) is 0 Å². The van der Waals surface area contributed by atoms with Gasteiger partial charge in [-0.2, -0.15) is 5.10 Å². The van der Waals surface area contributed by atoms with E-state index in [9.17, 15) is 0 Å². The fraction of sp³-hybridized carbons (Fsp3) is 0.250. The molecule has 3 rings (SSSR count). The predicted octanol–water partition coefficient (Wildman–Crippen LogP) is 4.22. The van der Waals surface area contributed by atoms with Crippen LogP contribution in [0.15, 0.2) is 24.4 Å². The zero-order valence-electron chi connectivity index (χ0n) is 8.91. The average molecular weight is 290 g/mol. The van der Waals surface area contributed by atoms with Crippen LogP contribution in [-0.2, 0) is 6.42 Å². The minimum atomic E-state index is 0. The second-order valence-corrected chi connectivity index (χ2v) is 4.88. The third-order valence-electron chi connectivity index (χ3n) is 3.16. The molecule has 1 atom stereocenters. The summed E-state index contributed by atoms with van der Waals surface area (Å²) in [7, 11) is 0. The van der Waals surface area contributed by atoms with Gasteiger partial charge in [-0.1, -0.05) is 29.3 Å². The molecule has 1 aromatic carbocycles. The molecule has 5 heteroatoms. The number of halogens is 3. The third kappa shape index (κ3) is 2.17. The van der Waals surface area contributed by atoms with Crippen LogP contribution in [0.3, 0.4) is 0 Å². The molecule has 1 unspecified atom stereocenters. The van der Waals surface area contributed by atoms with Crippen LogP contribution in [0.4, 0.5) is 0 Å². The SMILES string of the molecule is Cl.Clc1ccc(C2CCc3[nH]ncc32)cc1Cl. The minimum Gasteiger partial charge on any atom is -0.282 e. The summed E-state index contributed by atoms with van der Waals surface area (Å²) < 4.78 is 0. The topological polar surface area (TPSA) is 28.7 Å². The lowest BCUT2D eigenvalue weighted by Gasteiger charge is -2.10. The van der Waals surface area contributed by atoms with Gasteiger partial charge in [-0.15, -0.1) is 12.4 Å². The summed E-state index contributed by atoms with van der Waals surface area (Å²) in [6.45, 7) is 0. The van der Waals surface area contributed by atoms with Crippen molar-refractivity contribution < 1.29 is 0 Å². The van der Waals surface area contributed by atoms with Gasteiger partial charge >= 0.3 is 0 Å². The van der Waals surface area contributed by atoms with Crippen molar-refractivity contribution in [1.29, 1.82) is 0 Å². The molecule has 2 nitrogen and oxygen atoms in total. The highest BCUT2D eigenvalue weighted by molar-refractivity contribution is 6.42. The van der Waals surface area contributed by atoms with Crippen molar-refractivity contribution >= 4 is 35.6 Å². The number of nitrogens with zero attached hydrogens (tertiary/aromatic N) is 1. The van der Waals surface area contributed by atoms with E-state index in [2.05, 4.69) is 10.2 Å². The van der Waals surface area contributed by atoms with Gasteiger partial charge in [-0.3, -0.25) is 5.10 Å². The summed E-state index contributed by atoms with van der Waals surface area (Å²) in [6.07, 6.45) is 4.08. The zero-order chi connectivity index (χ0) is 11.1. The molecule has 1 aliphatic carbocycles. The van der Waals surface area contributed by atoms with Crippen molar-refractivity contribution in [2.75, 3.05) is 0 Å².